The number of benzene rings is 2. The normalized spacial score (nSPS) is 14.8. The zero-order valence-electron chi connectivity index (χ0n) is 17.2. The molecule has 0 unspecified atom stereocenters. The number of hydrogen-bond acceptors (Lipinski definition) is 5. The second-order valence-corrected chi connectivity index (χ2v) is 9.25. The molecule has 9 heteroatoms. The Morgan fingerprint density at radius 3 is 2.47 bits per heavy atom. The third-order valence-electron chi connectivity index (χ3n) is 5.28. The zero-order valence-corrected chi connectivity index (χ0v) is 18.1. The van der Waals surface area contributed by atoms with Gasteiger partial charge in [0.1, 0.15) is 11.6 Å². The van der Waals surface area contributed by atoms with Gasteiger partial charge in [-0.3, -0.25) is 4.79 Å². The second kappa shape index (κ2) is 9.46. The first-order chi connectivity index (χ1) is 15.4. The smallest absolute Gasteiger partial charge is 0.257 e. The highest BCUT2D eigenvalue weighted by atomic mass is 32.2. The van der Waals surface area contributed by atoms with Crippen LogP contribution < -0.4 is 10.0 Å². The summed E-state index contributed by atoms with van der Waals surface area (Å²) in [5.41, 5.74) is 0.867. The molecule has 1 amide bonds. The van der Waals surface area contributed by atoms with Crippen molar-refractivity contribution in [2.75, 3.05) is 18.4 Å². The van der Waals surface area contributed by atoms with E-state index in [-0.39, 0.29) is 22.7 Å². The van der Waals surface area contributed by atoms with E-state index in [4.69, 9.17) is 0 Å². The maximum Gasteiger partial charge on any atom is 0.257 e. The van der Waals surface area contributed by atoms with Gasteiger partial charge in [0.2, 0.25) is 10.0 Å². The molecule has 1 fully saturated rings. The molecular weight excluding hydrogens is 431 g/mol. The van der Waals surface area contributed by atoms with Gasteiger partial charge in [0, 0.05) is 31.0 Å². The number of carbonyl (C=O) groups excluding carboxylic acids is 1. The molecule has 2 aromatic carbocycles. The van der Waals surface area contributed by atoms with Gasteiger partial charge in [-0.05, 0) is 55.3 Å². The molecule has 1 saturated heterocycles. The van der Waals surface area contributed by atoms with Crippen molar-refractivity contribution in [3.05, 3.63) is 84.3 Å². The molecule has 1 aliphatic heterocycles. The van der Waals surface area contributed by atoms with Crippen molar-refractivity contribution in [1.29, 1.82) is 0 Å². The van der Waals surface area contributed by atoms with Gasteiger partial charge in [-0.1, -0.05) is 24.3 Å². The van der Waals surface area contributed by atoms with E-state index in [0.29, 0.717) is 43.0 Å². The minimum atomic E-state index is -3.60. The van der Waals surface area contributed by atoms with Crippen molar-refractivity contribution in [2.24, 2.45) is 0 Å². The van der Waals surface area contributed by atoms with Gasteiger partial charge in [-0.2, -0.15) is 0 Å². The standard InChI is InChI=1S/C23H23FN4O3S/c24-17-6-4-7-19(16-17)26-22-21(10-5-13-25-22)23(29)28-14-11-18(12-15-28)27-32(30,31)20-8-2-1-3-9-20/h1-10,13,16,18,27H,11-12,14-15H2,(H,25,26). The Morgan fingerprint density at radius 2 is 1.75 bits per heavy atom. The van der Waals surface area contributed by atoms with Crippen molar-refractivity contribution in [3.63, 3.8) is 0 Å². The zero-order chi connectivity index (χ0) is 22.6. The van der Waals surface area contributed by atoms with Gasteiger partial charge >= 0.3 is 0 Å². The predicted octanol–water partition coefficient (Wildman–Crippen LogP) is 3.55. The van der Waals surface area contributed by atoms with E-state index < -0.39 is 10.0 Å². The summed E-state index contributed by atoms with van der Waals surface area (Å²) >= 11 is 0. The molecular formula is C23H23FN4O3S. The minimum absolute atomic E-state index is 0.207. The van der Waals surface area contributed by atoms with E-state index in [1.54, 1.807) is 65.7 Å². The molecule has 0 radical (unpaired) electrons. The lowest BCUT2D eigenvalue weighted by atomic mass is 10.0. The number of aromatic nitrogens is 1. The Balaban J connectivity index is 1.41. The second-order valence-electron chi connectivity index (χ2n) is 7.54. The molecule has 0 aliphatic carbocycles. The van der Waals surface area contributed by atoms with Crippen molar-refractivity contribution >= 4 is 27.4 Å². The average molecular weight is 455 g/mol. The van der Waals surface area contributed by atoms with E-state index in [1.807, 2.05) is 0 Å². The summed E-state index contributed by atoms with van der Waals surface area (Å²) in [5.74, 6) is -0.254. The lowest BCUT2D eigenvalue weighted by Crippen LogP contribution is -2.46. The molecule has 32 heavy (non-hydrogen) atoms. The summed E-state index contributed by atoms with van der Waals surface area (Å²) in [5, 5.41) is 3.00. The van der Waals surface area contributed by atoms with Crippen LogP contribution in [-0.4, -0.2) is 43.3 Å². The Bertz CT molecular complexity index is 1200. The molecule has 1 aromatic heterocycles. The van der Waals surface area contributed by atoms with Gasteiger partial charge in [0.15, 0.2) is 0 Å². The summed E-state index contributed by atoms with van der Waals surface area (Å²) in [6, 6.07) is 17.2. The van der Waals surface area contributed by atoms with Crippen molar-refractivity contribution in [3.8, 4) is 0 Å². The van der Waals surface area contributed by atoms with E-state index in [2.05, 4.69) is 15.0 Å². The number of rotatable bonds is 6. The van der Waals surface area contributed by atoms with E-state index in [0.717, 1.165) is 0 Å². The maximum absolute atomic E-state index is 13.5. The molecule has 2 heterocycles. The molecule has 0 atom stereocenters. The fraction of sp³-hybridized carbons (Fsp3) is 0.217. The van der Waals surface area contributed by atoms with Crippen LogP contribution in [0.4, 0.5) is 15.9 Å². The number of carbonyl (C=O) groups is 1. The number of sulfonamides is 1. The summed E-state index contributed by atoms with van der Waals surface area (Å²) in [6.45, 7) is 0.824. The largest absolute Gasteiger partial charge is 0.339 e. The summed E-state index contributed by atoms with van der Waals surface area (Å²) in [7, 11) is -3.60. The van der Waals surface area contributed by atoms with Crippen LogP contribution in [0, 0.1) is 5.82 Å². The maximum atomic E-state index is 13.5. The number of nitrogens with zero attached hydrogens (tertiary/aromatic N) is 2. The average Bonchev–Trinajstić information content (AvgIpc) is 2.80. The summed E-state index contributed by atoms with van der Waals surface area (Å²) in [4.78, 5) is 19.3. The SMILES string of the molecule is O=C(c1cccnc1Nc1cccc(F)c1)N1CCC(NS(=O)(=O)c2ccccc2)CC1. The van der Waals surface area contributed by atoms with Gasteiger partial charge in [0.05, 0.1) is 10.5 Å². The lowest BCUT2D eigenvalue weighted by Gasteiger charge is -2.32. The van der Waals surface area contributed by atoms with Gasteiger partial charge < -0.3 is 10.2 Å². The van der Waals surface area contributed by atoms with Gasteiger partial charge in [-0.15, -0.1) is 0 Å². The van der Waals surface area contributed by atoms with Crippen molar-refractivity contribution in [1.82, 2.24) is 14.6 Å². The van der Waals surface area contributed by atoms with E-state index in [9.17, 15) is 17.6 Å². The minimum Gasteiger partial charge on any atom is -0.339 e. The van der Waals surface area contributed by atoms with Crippen LogP contribution in [0.25, 0.3) is 0 Å². The van der Waals surface area contributed by atoms with Gasteiger partial charge in [-0.25, -0.2) is 22.5 Å². The number of piperidine rings is 1. The number of nitrogens with one attached hydrogen (secondary N) is 2. The van der Waals surface area contributed by atoms with Crippen LogP contribution in [0.3, 0.4) is 0 Å². The Morgan fingerprint density at radius 1 is 1.00 bits per heavy atom. The number of likely N-dealkylation sites (tertiary alicyclic amines) is 1. The number of halogens is 1. The molecule has 1 aliphatic rings. The highest BCUT2D eigenvalue weighted by Crippen LogP contribution is 2.23. The number of hydrogen-bond donors (Lipinski definition) is 2. The first-order valence-corrected chi connectivity index (χ1v) is 11.7. The molecule has 7 nitrogen and oxygen atoms in total. The molecule has 0 spiro atoms. The van der Waals surface area contributed by atoms with E-state index >= 15 is 0 Å². The van der Waals surface area contributed by atoms with Crippen LogP contribution in [-0.2, 0) is 10.0 Å². The highest BCUT2D eigenvalue weighted by Gasteiger charge is 2.28. The Labute approximate surface area is 186 Å². The first kappa shape index (κ1) is 21.9. The predicted molar refractivity (Wildman–Crippen MR) is 120 cm³/mol. The molecule has 166 valence electrons. The molecule has 2 N–H and O–H groups in total. The third-order valence-corrected chi connectivity index (χ3v) is 6.82. The third kappa shape index (κ3) is 5.12. The quantitative estimate of drug-likeness (QED) is 0.594. The van der Waals surface area contributed by atoms with Crippen LogP contribution in [0.5, 0.6) is 0 Å². The summed E-state index contributed by atoms with van der Waals surface area (Å²) < 4.78 is 41.3. The van der Waals surface area contributed by atoms with Crippen LogP contribution in [0.2, 0.25) is 0 Å². The van der Waals surface area contributed by atoms with Gasteiger partial charge in [0.25, 0.3) is 5.91 Å². The fourth-order valence-electron chi connectivity index (χ4n) is 3.64. The van der Waals surface area contributed by atoms with Crippen LogP contribution >= 0.6 is 0 Å². The van der Waals surface area contributed by atoms with Crippen LogP contribution in [0.15, 0.2) is 77.8 Å². The highest BCUT2D eigenvalue weighted by molar-refractivity contribution is 7.89. The van der Waals surface area contributed by atoms with E-state index in [1.165, 1.54) is 12.1 Å². The Kier molecular flexibility index (Phi) is 6.48. The Hall–Kier alpha value is -3.30. The fourth-order valence-corrected chi connectivity index (χ4v) is 4.96. The summed E-state index contributed by atoms with van der Waals surface area (Å²) in [6.07, 6.45) is 2.57. The molecule has 0 saturated carbocycles. The number of anilines is 2. The monoisotopic (exact) mass is 454 g/mol. The first-order valence-electron chi connectivity index (χ1n) is 10.3. The van der Waals surface area contributed by atoms with Crippen molar-refractivity contribution < 1.29 is 17.6 Å². The topological polar surface area (TPSA) is 91.4 Å². The lowest BCUT2D eigenvalue weighted by molar-refractivity contribution is 0.0712. The van der Waals surface area contributed by atoms with Crippen molar-refractivity contribution in [2.45, 2.75) is 23.8 Å². The molecule has 3 aromatic rings. The number of amides is 1. The molecule has 0 bridgehead atoms. The number of pyridine rings is 1. The molecule has 4 rings (SSSR count). The van der Waals surface area contributed by atoms with Crippen LogP contribution in [0.1, 0.15) is 23.2 Å².